The Morgan fingerprint density at radius 1 is 1.31 bits per heavy atom. The van der Waals surface area contributed by atoms with Crippen LogP contribution in [0.2, 0.25) is 0 Å². The van der Waals surface area contributed by atoms with Crippen molar-refractivity contribution in [2.45, 2.75) is 32.8 Å². The number of rotatable bonds is 6. The van der Waals surface area contributed by atoms with Crippen LogP contribution >= 0.6 is 0 Å². The molecular formula is C14H18O2. The van der Waals surface area contributed by atoms with Crippen LogP contribution in [0.25, 0.3) is 0 Å². The van der Waals surface area contributed by atoms with E-state index in [0.717, 1.165) is 18.4 Å². The van der Waals surface area contributed by atoms with Crippen molar-refractivity contribution in [1.82, 2.24) is 0 Å². The molecule has 0 aliphatic heterocycles. The number of carbonyl (C=O) groups excluding carboxylic acids is 1. The highest BCUT2D eigenvalue weighted by atomic mass is 16.5. The number of hydrogen-bond acceptors (Lipinski definition) is 2. The van der Waals surface area contributed by atoms with Crippen LogP contribution in [0, 0.1) is 0 Å². The van der Waals surface area contributed by atoms with Gasteiger partial charge in [-0.05, 0) is 25.3 Å². The Labute approximate surface area is 96.9 Å². The lowest BCUT2D eigenvalue weighted by molar-refractivity contribution is -0.145. The Bertz CT molecular complexity index is 328. The van der Waals surface area contributed by atoms with E-state index in [1.807, 2.05) is 43.3 Å². The van der Waals surface area contributed by atoms with Crippen molar-refractivity contribution in [3.05, 3.63) is 48.0 Å². The van der Waals surface area contributed by atoms with E-state index >= 15 is 0 Å². The SMILES string of the molecule is CC=CCCCC(=O)OCc1ccccc1. The second kappa shape index (κ2) is 7.69. The fourth-order valence-electron chi connectivity index (χ4n) is 1.34. The van der Waals surface area contributed by atoms with Crippen LogP contribution < -0.4 is 0 Å². The first-order valence-corrected chi connectivity index (χ1v) is 5.63. The summed E-state index contributed by atoms with van der Waals surface area (Å²) in [6.07, 6.45) is 6.35. The molecule has 0 radical (unpaired) electrons. The predicted molar refractivity (Wildman–Crippen MR) is 64.9 cm³/mol. The van der Waals surface area contributed by atoms with Gasteiger partial charge in [-0.1, -0.05) is 42.5 Å². The molecule has 1 rings (SSSR count). The van der Waals surface area contributed by atoms with Gasteiger partial charge in [-0.25, -0.2) is 0 Å². The van der Waals surface area contributed by atoms with Crippen molar-refractivity contribution in [3.8, 4) is 0 Å². The summed E-state index contributed by atoms with van der Waals surface area (Å²) in [6, 6.07) is 9.73. The molecule has 0 saturated heterocycles. The summed E-state index contributed by atoms with van der Waals surface area (Å²) in [4.78, 5) is 11.3. The molecule has 16 heavy (non-hydrogen) atoms. The van der Waals surface area contributed by atoms with Crippen LogP contribution in [0.1, 0.15) is 31.7 Å². The van der Waals surface area contributed by atoms with Gasteiger partial charge >= 0.3 is 5.97 Å². The molecule has 1 aromatic carbocycles. The summed E-state index contributed by atoms with van der Waals surface area (Å²) in [7, 11) is 0. The van der Waals surface area contributed by atoms with E-state index in [1.165, 1.54) is 0 Å². The van der Waals surface area contributed by atoms with E-state index in [2.05, 4.69) is 6.08 Å². The Balaban J connectivity index is 2.15. The number of benzene rings is 1. The van der Waals surface area contributed by atoms with Crippen molar-refractivity contribution < 1.29 is 9.53 Å². The molecule has 86 valence electrons. The van der Waals surface area contributed by atoms with Gasteiger partial charge in [0.25, 0.3) is 0 Å². The number of unbranched alkanes of at least 4 members (excludes halogenated alkanes) is 1. The lowest BCUT2D eigenvalue weighted by Crippen LogP contribution is -2.03. The van der Waals surface area contributed by atoms with Crippen molar-refractivity contribution in [2.24, 2.45) is 0 Å². The van der Waals surface area contributed by atoms with Crippen LogP contribution in [0.5, 0.6) is 0 Å². The van der Waals surface area contributed by atoms with E-state index in [1.54, 1.807) is 0 Å². The van der Waals surface area contributed by atoms with Crippen LogP contribution in [-0.2, 0) is 16.1 Å². The third-order valence-electron chi connectivity index (χ3n) is 2.23. The third-order valence-corrected chi connectivity index (χ3v) is 2.23. The van der Waals surface area contributed by atoms with E-state index in [4.69, 9.17) is 4.74 Å². The fraction of sp³-hybridized carbons (Fsp3) is 0.357. The number of hydrogen-bond donors (Lipinski definition) is 0. The highest BCUT2D eigenvalue weighted by Gasteiger charge is 2.01. The van der Waals surface area contributed by atoms with Gasteiger partial charge < -0.3 is 4.74 Å². The van der Waals surface area contributed by atoms with Crippen molar-refractivity contribution in [3.63, 3.8) is 0 Å². The zero-order chi connectivity index (χ0) is 11.6. The van der Waals surface area contributed by atoms with Crippen LogP contribution in [0.4, 0.5) is 0 Å². The maximum absolute atomic E-state index is 11.3. The first kappa shape index (κ1) is 12.5. The second-order valence-electron chi connectivity index (χ2n) is 3.61. The molecule has 0 atom stereocenters. The minimum absolute atomic E-state index is 0.117. The molecule has 2 nitrogen and oxygen atoms in total. The summed E-state index contributed by atoms with van der Waals surface area (Å²) in [5, 5.41) is 0. The summed E-state index contributed by atoms with van der Waals surface area (Å²) >= 11 is 0. The first-order valence-electron chi connectivity index (χ1n) is 5.63. The van der Waals surface area contributed by atoms with Crippen LogP contribution in [0.15, 0.2) is 42.5 Å². The van der Waals surface area contributed by atoms with Crippen molar-refractivity contribution >= 4 is 5.97 Å². The monoisotopic (exact) mass is 218 g/mol. The topological polar surface area (TPSA) is 26.3 Å². The van der Waals surface area contributed by atoms with Crippen LogP contribution in [0.3, 0.4) is 0 Å². The molecule has 0 N–H and O–H groups in total. The largest absolute Gasteiger partial charge is 0.461 e. The fourth-order valence-corrected chi connectivity index (χ4v) is 1.34. The number of esters is 1. The Hall–Kier alpha value is -1.57. The van der Waals surface area contributed by atoms with Gasteiger partial charge in [0.05, 0.1) is 0 Å². The molecule has 0 bridgehead atoms. The van der Waals surface area contributed by atoms with E-state index in [9.17, 15) is 4.79 Å². The quantitative estimate of drug-likeness (QED) is 0.415. The minimum Gasteiger partial charge on any atom is -0.461 e. The maximum Gasteiger partial charge on any atom is 0.306 e. The number of carbonyl (C=O) groups is 1. The molecule has 0 aliphatic rings. The Kier molecular flexibility index (Phi) is 6.00. The van der Waals surface area contributed by atoms with Gasteiger partial charge in [0.1, 0.15) is 6.61 Å². The van der Waals surface area contributed by atoms with Gasteiger partial charge in [-0.3, -0.25) is 4.79 Å². The Morgan fingerprint density at radius 3 is 2.75 bits per heavy atom. The molecule has 0 aliphatic carbocycles. The summed E-state index contributed by atoms with van der Waals surface area (Å²) in [5.41, 5.74) is 1.03. The molecule has 0 spiro atoms. The highest BCUT2D eigenvalue weighted by molar-refractivity contribution is 5.69. The first-order chi connectivity index (χ1) is 7.83. The molecule has 0 saturated carbocycles. The summed E-state index contributed by atoms with van der Waals surface area (Å²) < 4.78 is 5.15. The summed E-state index contributed by atoms with van der Waals surface area (Å²) in [5.74, 6) is -0.117. The second-order valence-corrected chi connectivity index (χ2v) is 3.61. The molecule has 0 amide bonds. The maximum atomic E-state index is 11.3. The smallest absolute Gasteiger partial charge is 0.306 e. The predicted octanol–water partition coefficient (Wildman–Crippen LogP) is 3.48. The average Bonchev–Trinajstić information content (AvgIpc) is 2.33. The Morgan fingerprint density at radius 2 is 2.06 bits per heavy atom. The van der Waals surface area contributed by atoms with E-state index in [-0.39, 0.29) is 5.97 Å². The van der Waals surface area contributed by atoms with Gasteiger partial charge in [0, 0.05) is 6.42 Å². The van der Waals surface area contributed by atoms with Gasteiger partial charge in [-0.15, -0.1) is 0 Å². The molecule has 0 heterocycles. The standard InChI is InChI=1S/C14H18O2/c1-2-3-4-8-11-14(15)16-12-13-9-6-5-7-10-13/h2-3,5-7,9-10H,4,8,11-12H2,1H3. The van der Waals surface area contributed by atoms with Gasteiger partial charge in [0.2, 0.25) is 0 Å². The number of ether oxygens (including phenoxy) is 1. The van der Waals surface area contributed by atoms with Gasteiger partial charge in [0.15, 0.2) is 0 Å². The zero-order valence-electron chi connectivity index (χ0n) is 9.69. The lowest BCUT2D eigenvalue weighted by atomic mass is 10.2. The lowest BCUT2D eigenvalue weighted by Gasteiger charge is -2.03. The minimum atomic E-state index is -0.117. The highest BCUT2D eigenvalue weighted by Crippen LogP contribution is 2.04. The zero-order valence-corrected chi connectivity index (χ0v) is 9.69. The molecule has 2 heteroatoms. The molecule has 0 aromatic heterocycles. The summed E-state index contributed by atoms with van der Waals surface area (Å²) in [6.45, 7) is 2.36. The van der Waals surface area contributed by atoms with Crippen molar-refractivity contribution in [1.29, 1.82) is 0 Å². The normalized spacial score (nSPS) is 10.6. The molecule has 1 aromatic rings. The molecular weight excluding hydrogens is 200 g/mol. The third kappa shape index (κ3) is 5.35. The number of allylic oxidation sites excluding steroid dienone is 2. The van der Waals surface area contributed by atoms with Crippen LogP contribution in [-0.4, -0.2) is 5.97 Å². The average molecular weight is 218 g/mol. The van der Waals surface area contributed by atoms with E-state index < -0.39 is 0 Å². The molecule has 0 unspecified atom stereocenters. The van der Waals surface area contributed by atoms with E-state index in [0.29, 0.717) is 13.0 Å². The molecule has 0 fully saturated rings. The van der Waals surface area contributed by atoms with Crippen molar-refractivity contribution in [2.75, 3.05) is 0 Å². The van der Waals surface area contributed by atoms with Gasteiger partial charge in [-0.2, -0.15) is 0 Å².